The van der Waals surface area contributed by atoms with Crippen LogP contribution in [0.25, 0.3) is 0 Å². The van der Waals surface area contributed by atoms with Gasteiger partial charge in [0.2, 0.25) is 0 Å². The van der Waals surface area contributed by atoms with Gasteiger partial charge in [-0.3, -0.25) is 0 Å². The molecule has 0 unspecified atom stereocenters. The fourth-order valence-corrected chi connectivity index (χ4v) is 1.47. The predicted octanol–water partition coefficient (Wildman–Crippen LogP) is 2.28. The molecule has 0 aliphatic heterocycles. The summed E-state index contributed by atoms with van der Waals surface area (Å²) in [4.78, 5) is 13.3. The minimum absolute atomic E-state index is 0.105. The highest BCUT2D eigenvalue weighted by atomic mass is 16.3. The third-order valence-electron chi connectivity index (χ3n) is 2.65. The Kier molecular flexibility index (Phi) is 4.57. The number of phenolic OH excluding ortho intramolecular Hbond substituents is 1. The molecule has 0 heterocycles. The third-order valence-corrected chi connectivity index (χ3v) is 2.65. The molecule has 0 saturated carbocycles. The molecule has 2 amide bonds. The Bertz CT molecular complexity index is 404. The standard InChI is InChI=1S/C13H18N2O2/c1-4-8-14-13(17)15(3)10(2)11-6-5-7-12(16)9-11/h4-7,9-10,16H,1,8H2,2-3H3,(H,14,17)/t10-/m0/s1. The highest BCUT2D eigenvalue weighted by Gasteiger charge is 2.16. The van der Waals surface area contributed by atoms with Gasteiger partial charge in [0.1, 0.15) is 5.75 Å². The number of carbonyl (C=O) groups is 1. The van der Waals surface area contributed by atoms with E-state index in [-0.39, 0.29) is 17.8 Å². The molecule has 1 rings (SSSR count). The van der Waals surface area contributed by atoms with E-state index in [4.69, 9.17) is 0 Å². The third kappa shape index (κ3) is 3.52. The van der Waals surface area contributed by atoms with Crippen LogP contribution in [0.3, 0.4) is 0 Å². The van der Waals surface area contributed by atoms with Crippen LogP contribution in [-0.4, -0.2) is 29.6 Å². The van der Waals surface area contributed by atoms with Crippen molar-refractivity contribution in [1.29, 1.82) is 0 Å². The molecule has 0 aromatic heterocycles. The van der Waals surface area contributed by atoms with Crippen LogP contribution in [0.15, 0.2) is 36.9 Å². The van der Waals surface area contributed by atoms with E-state index in [1.54, 1.807) is 36.2 Å². The fourth-order valence-electron chi connectivity index (χ4n) is 1.47. The first-order valence-corrected chi connectivity index (χ1v) is 5.46. The van der Waals surface area contributed by atoms with Crippen molar-refractivity contribution >= 4 is 6.03 Å². The van der Waals surface area contributed by atoms with Crippen molar-refractivity contribution in [1.82, 2.24) is 10.2 Å². The summed E-state index contributed by atoms with van der Waals surface area (Å²) in [5.41, 5.74) is 0.890. The number of hydrogen-bond donors (Lipinski definition) is 2. The summed E-state index contributed by atoms with van der Waals surface area (Å²) in [6.45, 7) is 5.89. The van der Waals surface area contributed by atoms with Crippen molar-refractivity contribution < 1.29 is 9.90 Å². The van der Waals surface area contributed by atoms with Crippen molar-refractivity contribution in [2.45, 2.75) is 13.0 Å². The summed E-state index contributed by atoms with van der Waals surface area (Å²) in [5, 5.41) is 12.1. The molecule has 1 aromatic carbocycles. The van der Waals surface area contributed by atoms with E-state index < -0.39 is 0 Å². The molecule has 4 nitrogen and oxygen atoms in total. The number of benzene rings is 1. The quantitative estimate of drug-likeness (QED) is 0.785. The van der Waals surface area contributed by atoms with Gasteiger partial charge in [-0.25, -0.2) is 4.79 Å². The first-order chi connectivity index (χ1) is 8.06. The summed E-state index contributed by atoms with van der Waals surface area (Å²) in [6, 6.07) is 6.63. The number of phenols is 1. The Balaban J connectivity index is 2.72. The van der Waals surface area contributed by atoms with Gasteiger partial charge in [0.05, 0.1) is 6.04 Å². The Morgan fingerprint density at radius 3 is 2.94 bits per heavy atom. The minimum Gasteiger partial charge on any atom is -0.508 e. The summed E-state index contributed by atoms with van der Waals surface area (Å²) < 4.78 is 0. The van der Waals surface area contributed by atoms with E-state index in [9.17, 15) is 9.90 Å². The van der Waals surface area contributed by atoms with Gasteiger partial charge in [-0.1, -0.05) is 18.2 Å². The molecule has 92 valence electrons. The number of nitrogens with one attached hydrogen (secondary N) is 1. The number of amides is 2. The number of nitrogens with zero attached hydrogens (tertiary/aromatic N) is 1. The van der Waals surface area contributed by atoms with E-state index in [0.29, 0.717) is 6.54 Å². The first-order valence-electron chi connectivity index (χ1n) is 5.46. The molecule has 0 radical (unpaired) electrons. The maximum Gasteiger partial charge on any atom is 0.317 e. The molecule has 1 aromatic rings. The maximum absolute atomic E-state index is 11.7. The van der Waals surface area contributed by atoms with Gasteiger partial charge in [-0.15, -0.1) is 6.58 Å². The van der Waals surface area contributed by atoms with Crippen LogP contribution in [0.2, 0.25) is 0 Å². The zero-order valence-corrected chi connectivity index (χ0v) is 10.2. The van der Waals surface area contributed by atoms with Crippen LogP contribution < -0.4 is 5.32 Å². The van der Waals surface area contributed by atoms with Gasteiger partial charge >= 0.3 is 6.03 Å². The molecule has 0 aliphatic carbocycles. The van der Waals surface area contributed by atoms with E-state index in [2.05, 4.69) is 11.9 Å². The van der Waals surface area contributed by atoms with Gasteiger partial charge in [0.25, 0.3) is 0 Å². The number of aromatic hydroxyl groups is 1. The van der Waals surface area contributed by atoms with Gasteiger partial charge in [0.15, 0.2) is 0 Å². The Morgan fingerprint density at radius 1 is 1.65 bits per heavy atom. The second-order valence-corrected chi connectivity index (χ2v) is 3.86. The normalized spacial score (nSPS) is 11.6. The van der Waals surface area contributed by atoms with Crippen LogP contribution in [0, 0.1) is 0 Å². The zero-order valence-electron chi connectivity index (χ0n) is 10.2. The van der Waals surface area contributed by atoms with Crippen LogP contribution in [0.5, 0.6) is 5.75 Å². The minimum atomic E-state index is -0.166. The zero-order chi connectivity index (χ0) is 12.8. The fraction of sp³-hybridized carbons (Fsp3) is 0.308. The monoisotopic (exact) mass is 234 g/mol. The lowest BCUT2D eigenvalue weighted by atomic mass is 10.1. The second-order valence-electron chi connectivity index (χ2n) is 3.86. The highest BCUT2D eigenvalue weighted by molar-refractivity contribution is 5.74. The molecule has 4 heteroatoms. The largest absolute Gasteiger partial charge is 0.508 e. The van der Waals surface area contributed by atoms with Crippen molar-refractivity contribution in [2.24, 2.45) is 0 Å². The summed E-state index contributed by atoms with van der Waals surface area (Å²) >= 11 is 0. The molecule has 0 spiro atoms. The Hall–Kier alpha value is -1.97. The first kappa shape index (κ1) is 13.1. The predicted molar refractivity (Wildman–Crippen MR) is 67.9 cm³/mol. The summed E-state index contributed by atoms with van der Waals surface area (Å²) in [6.07, 6.45) is 1.63. The van der Waals surface area contributed by atoms with Crippen molar-refractivity contribution in [2.75, 3.05) is 13.6 Å². The maximum atomic E-state index is 11.7. The van der Waals surface area contributed by atoms with E-state index in [1.807, 2.05) is 13.0 Å². The van der Waals surface area contributed by atoms with Crippen molar-refractivity contribution in [3.8, 4) is 5.75 Å². The van der Waals surface area contributed by atoms with Gasteiger partial charge in [0, 0.05) is 13.6 Å². The SMILES string of the molecule is C=CCNC(=O)N(C)[C@@H](C)c1cccc(O)c1. The van der Waals surface area contributed by atoms with Crippen LogP contribution in [0.1, 0.15) is 18.5 Å². The van der Waals surface area contributed by atoms with Gasteiger partial charge < -0.3 is 15.3 Å². The molecule has 17 heavy (non-hydrogen) atoms. The molecule has 1 atom stereocenters. The molecule has 0 aliphatic rings. The molecule has 2 N–H and O–H groups in total. The number of hydrogen-bond acceptors (Lipinski definition) is 2. The lowest BCUT2D eigenvalue weighted by Gasteiger charge is -2.25. The number of rotatable bonds is 4. The highest BCUT2D eigenvalue weighted by Crippen LogP contribution is 2.22. The van der Waals surface area contributed by atoms with Gasteiger partial charge in [-0.2, -0.15) is 0 Å². The lowest BCUT2D eigenvalue weighted by molar-refractivity contribution is 0.195. The smallest absolute Gasteiger partial charge is 0.317 e. The number of urea groups is 1. The van der Waals surface area contributed by atoms with Crippen LogP contribution >= 0.6 is 0 Å². The molecule has 0 fully saturated rings. The van der Waals surface area contributed by atoms with Crippen LogP contribution in [0.4, 0.5) is 4.79 Å². The summed E-state index contributed by atoms with van der Waals surface area (Å²) in [5.74, 6) is 0.203. The number of carbonyl (C=O) groups excluding carboxylic acids is 1. The average molecular weight is 234 g/mol. The van der Waals surface area contributed by atoms with Crippen molar-refractivity contribution in [3.63, 3.8) is 0 Å². The topological polar surface area (TPSA) is 52.6 Å². The molecular formula is C13H18N2O2. The Morgan fingerprint density at radius 2 is 2.35 bits per heavy atom. The lowest BCUT2D eigenvalue weighted by Crippen LogP contribution is -2.38. The molecular weight excluding hydrogens is 216 g/mol. The summed E-state index contributed by atoms with van der Waals surface area (Å²) in [7, 11) is 1.72. The molecule has 0 saturated heterocycles. The van der Waals surface area contributed by atoms with Gasteiger partial charge in [-0.05, 0) is 24.6 Å². The Labute approximate surface area is 102 Å². The van der Waals surface area contributed by atoms with Crippen molar-refractivity contribution in [3.05, 3.63) is 42.5 Å². The van der Waals surface area contributed by atoms with E-state index in [0.717, 1.165) is 5.56 Å². The average Bonchev–Trinajstić information content (AvgIpc) is 2.34. The van der Waals surface area contributed by atoms with Crippen LogP contribution in [-0.2, 0) is 0 Å². The van der Waals surface area contributed by atoms with E-state index >= 15 is 0 Å². The second kappa shape index (κ2) is 5.94. The molecule has 0 bridgehead atoms. The van der Waals surface area contributed by atoms with E-state index in [1.165, 1.54) is 0 Å².